The highest BCUT2D eigenvalue weighted by atomic mass is 16.8. The summed E-state index contributed by atoms with van der Waals surface area (Å²) in [6.07, 6.45) is 6.85. The van der Waals surface area contributed by atoms with E-state index in [1.165, 1.54) is 6.08 Å². The van der Waals surface area contributed by atoms with E-state index in [0.29, 0.717) is 50.4 Å². The van der Waals surface area contributed by atoms with E-state index in [9.17, 15) is 14.4 Å². The van der Waals surface area contributed by atoms with Gasteiger partial charge in [0.2, 0.25) is 0 Å². The molecule has 3 amide bonds. The Morgan fingerprint density at radius 3 is 2.82 bits per heavy atom. The molecule has 3 heterocycles. The topological polar surface area (TPSA) is 106 Å². The number of hydrogen-bond donors (Lipinski definition) is 2. The van der Waals surface area contributed by atoms with Gasteiger partial charge in [0.1, 0.15) is 11.4 Å². The van der Waals surface area contributed by atoms with Gasteiger partial charge in [-0.2, -0.15) is 0 Å². The zero-order valence-electron chi connectivity index (χ0n) is 18.9. The second-order valence-electron chi connectivity index (χ2n) is 8.68. The van der Waals surface area contributed by atoms with Crippen molar-refractivity contribution in [2.45, 2.75) is 57.3 Å². The molecule has 2 N–H and O–H groups in total. The van der Waals surface area contributed by atoms with E-state index < -0.39 is 17.8 Å². The number of fused-ring (bicyclic) bond motifs is 1. The van der Waals surface area contributed by atoms with Gasteiger partial charge in [-0.15, -0.1) is 0 Å². The Morgan fingerprint density at radius 1 is 1.27 bits per heavy atom. The number of benzene rings is 1. The van der Waals surface area contributed by atoms with Crippen LogP contribution in [0.4, 0.5) is 4.79 Å². The number of ketones is 1. The number of rotatable bonds is 5. The van der Waals surface area contributed by atoms with Gasteiger partial charge in [-0.3, -0.25) is 9.59 Å². The lowest BCUT2D eigenvalue weighted by Crippen LogP contribution is -2.54. The summed E-state index contributed by atoms with van der Waals surface area (Å²) in [4.78, 5) is 44.1. The third kappa shape index (κ3) is 5.72. The molecule has 0 saturated carbocycles. The van der Waals surface area contributed by atoms with Crippen molar-refractivity contribution < 1.29 is 28.7 Å². The first kappa shape index (κ1) is 23.3. The van der Waals surface area contributed by atoms with Gasteiger partial charge in [-0.25, -0.2) is 15.1 Å². The maximum atomic E-state index is 12.9. The van der Waals surface area contributed by atoms with E-state index in [-0.39, 0.29) is 18.2 Å². The molecule has 1 aromatic rings. The molecule has 1 unspecified atom stereocenters. The number of carbonyl (C=O) groups excluding carboxylic acids is 3. The molecular formula is C24H31N3O6. The van der Waals surface area contributed by atoms with Crippen molar-refractivity contribution in [1.29, 1.82) is 0 Å². The number of hydrogen-bond acceptors (Lipinski definition) is 6. The minimum Gasteiger partial charge on any atom is -0.486 e. The second-order valence-corrected chi connectivity index (χ2v) is 8.68. The number of hydroxylamine groups is 1. The first-order valence-corrected chi connectivity index (χ1v) is 11.6. The molecule has 3 aliphatic rings. The molecule has 0 aliphatic carbocycles. The SMILES string of the molecule is CCNC(=O)N1CCC2(CC1)CC(=O)c1cc(C=CC(=O)NOC3CCCCO3)ccc1O2. The number of nitrogens with one attached hydrogen (secondary N) is 2. The van der Waals surface area contributed by atoms with Crippen LogP contribution in [-0.4, -0.2) is 60.8 Å². The number of ether oxygens (including phenoxy) is 2. The van der Waals surface area contributed by atoms with Gasteiger partial charge < -0.3 is 19.7 Å². The Bertz CT molecular complexity index is 917. The quantitative estimate of drug-likeness (QED) is 0.520. The first-order chi connectivity index (χ1) is 16.0. The summed E-state index contributed by atoms with van der Waals surface area (Å²) >= 11 is 0. The monoisotopic (exact) mass is 457 g/mol. The van der Waals surface area contributed by atoms with Crippen molar-refractivity contribution >= 4 is 23.8 Å². The summed E-state index contributed by atoms with van der Waals surface area (Å²) in [5.41, 5.74) is 3.04. The summed E-state index contributed by atoms with van der Waals surface area (Å²) in [5, 5.41) is 2.81. The van der Waals surface area contributed by atoms with Crippen molar-refractivity contribution in [3.05, 3.63) is 35.4 Å². The first-order valence-electron chi connectivity index (χ1n) is 11.6. The fourth-order valence-corrected chi connectivity index (χ4v) is 4.41. The van der Waals surface area contributed by atoms with Gasteiger partial charge in [0.15, 0.2) is 12.1 Å². The van der Waals surface area contributed by atoms with Crippen LogP contribution < -0.4 is 15.5 Å². The predicted octanol–water partition coefficient (Wildman–Crippen LogP) is 2.80. The molecule has 1 spiro atoms. The van der Waals surface area contributed by atoms with Crippen molar-refractivity contribution in [1.82, 2.24) is 15.7 Å². The van der Waals surface area contributed by atoms with E-state index in [0.717, 1.165) is 24.8 Å². The van der Waals surface area contributed by atoms with Gasteiger partial charge in [0, 0.05) is 51.6 Å². The summed E-state index contributed by atoms with van der Waals surface area (Å²) in [6.45, 7) is 4.22. The second kappa shape index (κ2) is 10.4. The molecular weight excluding hydrogens is 426 g/mol. The molecule has 2 fully saturated rings. The molecule has 3 aliphatic heterocycles. The number of Topliss-reactive ketones (excluding diaryl/α,β-unsaturated/α-hetero) is 1. The Morgan fingerprint density at radius 2 is 2.09 bits per heavy atom. The van der Waals surface area contributed by atoms with Gasteiger partial charge >= 0.3 is 6.03 Å². The smallest absolute Gasteiger partial charge is 0.317 e. The maximum Gasteiger partial charge on any atom is 0.317 e. The van der Waals surface area contributed by atoms with Crippen LogP contribution in [0.5, 0.6) is 5.75 Å². The van der Waals surface area contributed by atoms with Crippen LogP contribution in [0, 0.1) is 0 Å². The van der Waals surface area contributed by atoms with Crippen molar-refractivity contribution in [2.75, 3.05) is 26.2 Å². The van der Waals surface area contributed by atoms with Crippen LogP contribution in [0.3, 0.4) is 0 Å². The largest absolute Gasteiger partial charge is 0.486 e. The fourth-order valence-electron chi connectivity index (χ4n) is 4.41. The Balaban J connectivity index is 1.34. The maximum absolute atomic E-state index is 12.9. The zero-order chi connectivity index (χ0) is 23.3. The van der Waals surface area contributed by atoms with Crippen LogP contribution in [0.1, 0.15) is 61.4 Å². The lowest BCUT2D eigenvalue weighted by atomic mass is 9.82. The summed E-state index contributed by atoms with van der Waals surface area (Å²) in [6, 6.07) is 5.24. The highest BCUT2D eigenvalue weighted by Crippen LogP contribution is 2.39. The molecule has 0 radical (unpaired) electrons. The van der Waals surface area contributed by atoms with Crippen LogP contribution >= 0.6 is 0 Å². The van der Waals surface area contributed by atoms with Crippen LogP contribution in [0.25, 0.3) is 6.08 Å². The van der Waals surface area contributed by atoms with E-state index in [4.69, 9.17) is 14.3 Å². The average Bonchev–Trinajstić information content (AvgIpc) is 2.83. The van der Waals surface area contributed by atoms with Crippen molar-refractivity contribution in [3.63, 3.8) is 0 Å². The molecule has 2 saturated heterocycles. The average molecular weight is 458 g/mol. The molecule has 33 heavy (non-hydrogen) atoms. The molecule has 0 bridgehead atoms. The third-order valence-corrected chi connectivity index (χ3v) is 6.26. The Labute approximate surface area is 193 Å². The molecule has 1 aromatic carbocycles. The van der Waals surface area contributed by atoms with Gasteiger partial charge in [0.05, 0.1) is 12.0 Å². The zero-order valence-corrected chi connectivity index (χ0v) is 18.9. The van der Waals surface area contributed by atoms with Gasteiger partial charge in [-0.05, 0) is 43.5 Å². The number of nitrogens with zero attached hydrogens (tertiary/aromatic N) is 1. The van der Waals surface area contributed by atoms with Crippen molar-refractivity contribution in [3.8, 4) is 5.75 Å². The Kier molecular flexibility index (Phi) is 7.29. The molecule has 4 rings (SSSR count). The predicted molar refractivity (Wildman–Crippen MR) is 120 cm³/mol. The molecule has 9 heteroatoms. The summed E-state index contributed by atoms with van der Waals surface area (Å²) in [5.74, 6) is 0.166. The van der Waals surface area contributed by atoms with E-state index in [2.05, 4.69) is 10.8 Å². The lowest BCUT2D eigenvalue weighted by molar-refractivity contribution is -0.198. The van der Waals surface area contributed by atoms with E-state index >= 15 is 0 Å². The minimum atomic E-state index is -0.567. The van der Waals surface area contributed by atoms with Crippen LogP contribution in [-0.2, 0) is 14.4 Å². The highest BCUT2D eigenvalue weighted by Gasteiger charge is 2.43. The highest BCUT2D eigenvalue weighted by molar-refractivity contribution is 6.01. The number of likely N-dealkylation sites (tertiary alicyclic amines) is 1. The molecule has 9 nitrogen and oxygen atoms in total. The lowest BCUT2D eigenvalue weighted by Gasteiger charge is -2.43. The minimum absolute atomic E-state index is 0.0141. The number of amides is 3. The number of piperidine rings is 1. The number of urea groups is 1. The van der Waals surface area contributed by atoms with E-state index in [1.54, 1.807) is 23.1 Å². The summed E-state index contributed by atoms with van der Waals surface area (Å²) < 4.78 is 11.7. The molecule has 0 aromatic heterocycles. The van der Waals surface area contributed by atoms with Crippen molar-refractivity contribution in [2.24, 2.45) is 0 Å². The van der Waals surface area contributed by atoms with Crippen LogP contribution in [0.15, 0.2) is 24.3 Å². The fraction of sp³-hybridized carbons (Fsp3) is 0.542. The normalized spacial score (nSPS) is 22.0. The summed E-state index contributed by atoms with van der Waals surface area (Å²) in [7, 11) is 0. The van der Waals surface area contributed by atoms with E-state index in [1.807, 2.05) is 13.0 Å². The number of carbonyl (C=O) groups is 3. The van der Waals surface area contributed by atoms with Gasteiger partial charge in [0.25, 0.3) is 5.91 Å². The standard InChI is InChI=1S/C24H31N3O6/c1-2-25-23(30)27-12-10-24(11-13-27)16-19(28)18-15-17(6-8-20(18)32-24)7-9-21(29)26-33-22-5-3-4-14-31-22/h6-9,15,22H,2-5,10-14,16H2,1H3,(H,25,30)(H,26,29). The third-order valence-electron chi connectivity index (χ3n) is 6.26. The Hall–Kier alpha value is -2.91. The van der Waals surface area contributed by atoms with Crippen LogP contribution in [0.2, 0.25) is 0 Å². The molecule has 178 valence electrons. The molecule has 1 atom stereocenters. The van der Waals surface area contributed by atoms with Gasteiger partial charge in [-0.1, -0.05) is 6.07 Å².